The third kappa shape index (κ3) is 4.17. The minimum Gasteiger partial charge on any atom is -0.380 e. The van der Waals surface area contributed by atoms with Gasteiger partial charge in [-0.25, -0.2) is 0 Å². The Kier molecular flexibility index (Phi) is 5.98. The highest BCUT2D eigenvalue weighted by molar-refractivity contribution is 5.45. The van der Waals surface area contributed by atoms with Crippen molar-refractivity contribution in [1.82, 2.24) is 15.0 Å². The SMILES string of the molecule is CCOCCN(CC)c1nc(NC)nc(N2CCCC2)n1. The Morgan fingerprint density at radius 3 is 2.57 bits per heavy atom. The second-order valence-corrected chi connectivity index (χ2v) is 4.98. The van der Waals surface area contributed by atoms with E-state index in [-0.39, 0.29) is 0 Å². The maximum Gasteiger partial charge on any atom is 0.232 e. The van der Waals surface area contributed by atoms with E-state index in [9.17, 15) is 0 Å². The zero-order chi connectivity index (χ0) is 15.1. The zero-order valence-electron chi connectivity index (χ0n) is 13.3. The van der Waals surface area contributed by atoms with Crippen molar-refractivity contribution in [1.29, 1.82) is 0 Å². The fourth-order valence-electron chi connectivity index (χ4n) is 2.38. The predicted octanol–water partition coefficient (Wildman–Crippen LogP) is 1.38. The second-order valence-electron chi connectivity index (χ2n) is 4.98. The van der Waals surface area contributed by atoms with Gasteiger partial charge in [-0.05, 0) is 26.7 Å². The first-order valence-corrected chi connectivity index (χ1v) is 7.80. The topological polar surface area (TPSA) is 66.4 Å². The lowest BCUT2D eigenvalue weighted by Gasteiger charge is -2.23. The second kappa shape index (κ2) is 7.97. The largest absolute Gasteiger partial charge is 0.380 e. The maximum atomic E-state index is 5.44. The molecule has 0 saturated carbocycles. The fourth-order valence-corrected chi connectivity index (χ4v) is 2.38. The molecule has 0 bridgehead atoms. The highest BCUT2D eigenvalue weighted by atomic mass is 16.5. The Labute approximate surface area is 126 Å². The molecule has 21 heavy (non-hydrogen) atoms. The van der Waals surface area contributed by atoms with E-state index in [1.165, 1.54) is 12.8 Å². The number of likely N-dealkylation sites (N-methyl/N-ethyl adjacent to an activating group) is 1. The number of hydrogen-bond acceptors (Lipinski definition) is 7. The van der Waals surface area contributed by atoms with Crippen LogP contribution in [-0.4, -0.2) is 61.4 Å². The molecule has 0 aliphatic carbocycles. The van der Waals surface area contributed by atoms with Gasteiger partial charge in [0.05, 0.1) is 6.61 Å². The number of rotatable bonds is 8. The van der Waals surface area contributed by atoms with E-state index in [0.29, 0.717) is 12.6 Å². The molecule has 0 spiro atoms. The molecule has 0 atom stereocenters. The summed E-state index contributed by atoms with van der Waals surface area (Å²) in [5, 5.41) is 3.03. The zero-order valence-corrected chi connectivity index (χ0v) is 13.3. The van der Waals surface area contributed by atoms with Crippen LogP contribution in [0, 0.1) is 0 Å². The Morgan fingerprint density at radius 1 is 1.19 bits per heavy atom. The van der Waals surface area contributed by atoms with E-state index in [0.717, 1.165) is 44.7 Å². The van der Waals surface area contributed by atoms with Crippen LogP contribution in [0.1, 0.15) is 26.7 Å². The minimum atomic E-state index is 0.622. The van der Waals surface area contributed by atoms with Crippen LogP contribution >= 0.6 is 0 Å². The van der Waals surface area contributed by atoms with Crippen molar-refractivity contribution in [2.75, 3.05) is 61.6 Å². The summed E-state index contributed by atoms with van der Waals surface area (Å²) >= 11 is 0. The van der Waals surface area contributed by atoms with Crippen LogP contribution in [0.15, 0.2) is 0 Å². The summed E-state index contributed by atoms with van der Waals surface area (Å²) in [6.07, 6.45) is 2.41. The fraction of sp³-hybridized carbons (Fsp3) is 0.786. The molecule has 7 nitrogen and oxygen atoms in total. The summed E-state index contributed by atoms with van der Waals surface area (Å²) in [6.45, 7) is 9.21. The van der Waals surface area contributed by atoms with Gasteiger partial charge in [0.2, 0.25) is 17.8 Å². The van der Waals surface area contributed by atoms with E-state index < -0.39 is 0 Å². The number of anilines is 3. The quantitative estimate of drug-likeness (QED) is 0.726. The molecule has 1 aromatic heterocycles. The van der Waals surface area contributed by atoms with Gasteiger partial charge in [-0.3, -0.25) is 0 Å². The predicted molar refractivity (Wildman–Crippen MR) is 85.2 cm³/mol. The Morgan fingerprint density at radius 2 is 1.95 bits per heavy atom. The average molecular weight is 294 g/mol. The van der Waals surface area contributed by atoms with Crippen molar-refractivity contribution in [3.05, 3.63) is 0 Å². The van der Waals surface area contributed by atoms with E-state index in [2.05, 4.69) is 37.0 Å². The lowest BCUT2D eigenvalue weighted by molar-refractivity contribution is 0.153. The van der Waals surface area contributed by atoms with Crippen LogP contribution in [0.5, 0.6) is 0 Å². The Hall–Kier alpha value is -1.63. The molecule has 2 heterocycles. The number of hydrogen-bond donors (Lipinski definition) is 1. The van der Waals surface area contributed by atoms with Gasteiger partial charge in [-0.15, -0.1) is 0 Å². The summed E-state index contributed by atoms with van der Waals surface area (Å²) in [4.78, 5) is 18.0. The summed E-state index contributed by atoms with van der Waals surface area (Å²) in [6, 6.07) is 0. The van der Waals surface area contributed by atoms with Crippen molar-refractivity contribution in [3.8, 4) is 0 Å². The van der Waals surface area contributed by atoms with Gasteiger partial charge in [-0.1, -0.05) is 0 Å². The van der Waals surface area contributed by atoms with Crippen molar-refractivity contribution in [2.24, 2.45) is 0 Å². The minimum absolute atomic E-state index is 0.622. The first-order valence-electron chi connectivity index (χ1n) is 7.80. The van der Waals surface area contributed by atoms with Crippen molar-refractivity contribution < 1.29 is 4.74 Å². The molecule has 1 saturated heterocycles. The average Bonchev–Trinajstić information content (AvgIpc) is 3.05. The first-order chi connectivity index (χ1) is 10.3. The highest BCUT2D eigenvalue weighted by Gasteiger charge is 2.19. The summed E-state index contributed by atoms with van der Waals surface area (Å²) < 4.78 is 5.44. The van der Waals surface area contributed by atoms with E-state index in [1.807, 2.05) is 14.0 Å². The molecule has 0 radical (unpaired) electrons. The van der Waals surface area contributed by atoms with Crippen molar-refractivity contribution in [3.63, 3.8) is 0 Å². The van der Waals surface area contributed by atoms with Gasteiger partial charge in [0.1, 0.15) is 0 Å². The van der Waals surface area contributed by atoms with Crippen LogP contribution in [0.3, 0.4) is 0 Å². The smallest absolute Gasteiger partial charge is 0.232 e. The van der Waals surface area contributed by atoms with Gasteiger partial charge in [-0.2, -0.15) is 15.0 Å². The molecule has 7 heteroatoms. The molecule has 0 unspecified atom stereocenters. The lowest BCUT2D eigenvalue weighted by Crippen LogP contribution is -2.30. The summed E-state index contributed by atoms with van der Waals surface area (Å²) in [7, 11) is 1.84. The molecule has 118 valence electrons. The van der Waals surface area contributed by atoms with Crippen LogP contribution in [0.25, 0.3) is 0 Å². The van der Waals surface area contributed by atoms with E-state index in [1.54, 1.807) is 0 Å². The van der Waals surface area contributed by atoms with E-state index >= 15 is 0 Å². The molecular formula is C14H26N6O. The molecule has 1 N–H and O–H groups in total. The molecule has 1 fully saturated rings. The summed E-state index contributed by atoms with van der Waals surface area (Å²) in [5.41, 5.74) is 0. The highest BCUT2D eigenvalue weighted by Crippen LogP contribution is 2.20. The Balaban J connectivity index is 2.17. The monoisotopic (exact) mass is 294 g/mol. The van der Waals surface area contributed by atoms with Gasteiger partial charge in [0.25, 0.3) is 0 Å². The lowest BCUT2D eigenvalue weighted by atomic mass is 10.4. The first kappa shape index (κ1) is 15.8. The number of nitrogens with one attached hydrogen (secondary N) is 1. The van der Waals surface area contributed by atoms with Crippen LogP contribution in [-0.2, 0) is 4.74 Å². The standard InChI is InChI=1S/C14H26N6O/c1-4-19(10-11-21-5-2)13-16-12(15-3)17-14(18-13)20-8-6-7-9-20/h4-11H2,1-3H3,(H,15,16,17,18). The van der Waals surface area contributed by atoms with Crippen LogP contribution in [0.2, 0.25) is 0 Å². The Bertz CT molecular complexity index is 435. The number of aromatic nitrogens is 3. The van der Waals surface area contributed by atoms with Gasteiger partial charge >= 0.3 is 0 Å². The van der Waals surface area contributed by atoms with Gasteiger partial charge in [0.15, 0.2) is 0 Å². The van der Waals surface area contributed by atoms with Gasteiger partial charge in [0, 0.05) is 39.8 Å². The normalized spacial score (nSPS) is 14.5. The summed E-state index contributed by atoms with van der Waals surface area (Å²) in [5.74, 6) is 2.12. The van der Waals surface area contributed by atoms with Gasteiger partial charge < -0.3 is 19.9 Å². The van der Waals surface area contributed by atoms with Crippen LogP contribution in [0.4, 0.5) is 17.8 Å². The number of ether oxygens (including phenoxy) is 1. The molecule has 0 amide bonds. The molecule has 1 aliphatic heterocycles. The van der Waals surface area contributed by atoms with Crippen molar-refractivity contribution in [2.45, 2.75) is 26.7 Å². The third-order valence-electron chi connectivity index (χ3n) is 3.60. The molecule has 1 aliphatic rings. The molecular weight excluding hydrogens is 268 g/mol. The van der Waals surface area contributed by atoms with Crippen LogP contribution < -0.4 is 15.1 Å². The number of nitrogens with zero attached hydrogens (tertiary/aromatic N) is 5. The molecule has 1 aromatic rings. The van der Waals surface area contributed by atoms with Crippen molar-refractivity contribution >= 4 is 17.8 Å². The van der Waals surface area contributed by atoms with E-state index in [4.69, 9.17) is 4.74 Å². The third-order valence-corrected chi connectivity index (χ3v) is 3.60. The molecule has 2 rings (SSSR count). The molecule has 0 aromatic carbocycles. The maximum absolute atomic E-state index is 5.44.